The third-order valence-electron chi connectivity index (χ3n) is 3.72. The minimum absolute atomic E-state index is 0.470. The van der Waals surface area contributed by atoms with Gasteiger partial charge in [-0.3, -0.25) is 0 Å². The highest BCUT2D eigenvalue weighted by Gasteiger charge is 2.19. The van der Waals surface area contributed by atoms with Crippen LogP contribution in [-0.4, -0.2) is 6.61 Å². The summed E-state index contributed by atoms with van der Waals surface area (Å²) < 4.78 is 5.86. The Morgan fingerprint density at radius 2 is 1.90 bits per heavy atom. The molecule has 1 atom stereocenters. The second kappa shape index (κ2) is 8.36. The van der Waals surface area contributed by atoms with Gasteiger partial charge in [0.05, 0.1) is 6.61 Å². The highest BCUT2D eigenvalue weighted by atomic mass is 35.5. The van der Waals surface area contributed by atoms with Crippen LogP contribution >= 0.6 is 11.6 Å². The van der Waals surface area contributed by atoms with Crippen LogP contribution in [0, 0.1) is 13.8 Å². The van der Waals surface area contributed by atoms with Gasteiger partial charge in [-0.2, -0.15) is 0 Å². The van der Waals surface area contributed by atoms with Crippen molar-refractivity contribution in [2.75, 3.05) is 6.61 Å². The van der Waals surface area contributed by atoms with Crippen LogP contribution in [-0.2, 0) is 0 Å². The molecule has 0 amide bonds. The summed E-state index contributed by atoms with van der Waals surface area (Å²) in [5.74, 6) is 1.47. The Morgan fingerprint density at radius 1 is 1.20 bits per heavy atom. The molecule has 0 heterocycles. The van der Waals surface area contributed by atoms with Crippen LogP contribution in [0.25, 0.3) is 0 Å². The van der Waals surface area contributed by atoms with Gasteiger partial charge in [-0.15, -0.1) is 0 Å². The number of benzene rings is 1. The van der Waals surface area contributed by atoms with Crippen molar-refractivity contribution in [1.82, 2.24) is 0 Å². The first-order valence-electron chi connectivity index (χ1n) is 7.64. The van der Waals surface area contributed by atoms with E-state index < -0.39 is 0 Å². The monoisotopic (exact) mass is 294 g/mol. The molecule has 0 radical (unpaired) electrons. The van der Waals surface area contributed by atoms with Crippen molar-refractivity contribution in [3.05, 3.63) is 39.9 Å². The topological polar surface area (TPSA) is 9.23 Å². The normalized spacial score (nSPS) is 12.9. The standard InChI is InChI=1S/C18H27ClO/c1-6-9-10-11-15(7-2)17-14(5)18(19)13(4)12-16(17)20-8-3/h9-10,12,15H,6-8,11H2,1-5H3/b10-9-. The summed E-state index contributed by atoms with van der Waals surface area (Å²) in [6, 6.07) is 2.08. The number of rotatable bonds is 7. The molecule has 1 aromatic rings. The lowest BCUT2D eigenvalue weighted by molar-refractivity contribution is 0.333. The Balaban J connectivity index is 3.23. The van der Waals surface area contributed by atoms with E-state index >= 15 is 0 Å². The maximum absolute atomic E-state index is 6.44. The smallest absolute Gasteiger partial charge is 0.123 e. The summed E-state index contributed by atoms with van der Waals surface area (Å²) >= 11 is 6.44. The molecule has 0 fully saturated rings. The van der Waals surface area contributed by atoms with E-state index in [-0.39, 0.29) is 0 Å². The first-order chi connectivity index (χ1) is 9.56. The summed E-state index contributed by atoms with van der Waals surface area (Å²) in [5, 5.41) is 0.876. The minimum atomic E-state index is 0.470. The van der Waals surface area contributed by atoms with Gasteiger partial charge in [0.2, 0.25) is 0 Å². The minimum Gasteiger partial charge on any atom is -0.494 e. The Labute approximate surface area is 129 Å². The maximum Gasteiger partial charge on any atom is 0.123 e. The average molecular weight is 295 g/mol. The summed E-state index contributed by atoms with van der Waals surface area (Å²) in [6.45, 7) is 11.3. The van der Waals surface area contributed by atoms with E-state index in [9.17, 15) is 0 Å². The molecule has 0 bridgehead atoms. The fraction of sp³-hybridized carbons (Fsp3) is 0.556. The van der Waals surface area contributed by atoms with Gasteiger partial charge >= 0.3 is 0 Å². The molecule has 0 spiro atoms. The van der Waals surface area contributed by atoms with E-state index in [0.29, 0.717) is 12.5 Å². The molecule has 0 aromatic heterocycles. The predicted molar refractivity (Wildman–Crippen MR) is 89.2 cm³/mol. The zero-order chi connectivity index (χ0) is 15.1. The van der Waals surface area contributed by atoms with Gasteiger partial charge in [-0.1, -0.05) is 37.6 Å². The van der Waals surface area contributed by atoms with Crippen LogP contribution in [0.4, 0.5) is 0 Å². The molecule has 1 rings (SSSR count). The van der Waals surface area contributed by atoms with Gasteiger partial charge in [-0.05, 0) is 63.1 Å². The number of hydrogen-bond acceptors (Lipinski definition) is 1. The molecule has 1 nitrogen and oxygen atoms in total. The first-order valence-corrected chi connectivity index (χ1v) is 8.01. The third-order valence-corrected chi connectivity index (χ3v) is 4.30. The number of ether oxygens (including phenoxy) is 1. The molecular formula is C18H27ClO. The van der Waals surface area contributed by atoms with E-state index in [4.69, 9.17) is 16.3 Å². The average Bonchev–Trinajstić information content (AvgIpc) is 2.43. The molecule has 1 unspecified atom stereocenters. The van der Waals surface area contributed by atoms with E-state index in [1.165, 1.54) is 11.1 Å². The van der Waals surface area contributed by atoms with Crippen LogP contribution in [0.5, 0.6) is 5.75 Å². The Bertz CT molecular complexity index is 463. The highest BCUT2D eigenvalue weighted by Crippen LogP contribution is 2.39. The molecule has 2 heteroatoms. The van der Waals surface area contributed by atoms with Crippen LogP contribution in [0.1, 0.15) is 62.6 Å². The van der Waals surface area contributed by atoms with E-state index in [0.717, 1.165) is 35.6 Å². The van der Waals surface area contributed by atoms with Gasteiger partial charge in [0.25, 0.3) is 0 Å². The second-order valence-electron chi connectivity index (χ2n) is 5.20. The van der Waals surface area contributed by atoms with Crippen LogP contribution in [0.15, 0.2) is 18.2 Å². The van der Waals surface area contributed by atoms with Crippen LogP contribution < -0.4 is 4.74 Å². The van der Waals surface area contributed by atoms with Crippen molar-refractivity contribution in [3.8, 4) is 5.75 Å². The quantitative estimate of drug-likeness (QED) is 0.544. The molecule has 112 valence electrons. The fourth-order valence-electron chi connectivity index (χ4n) is 2.63. The second-order valence-corrected chi connectivity index (χ2v) is 5.58. The number of allylic oxidation sites excluding steroid dienone is 2. The maximum atomic E-state index is 6.44. The van der Waals surface area contributed by atoms with Crippen molar-refractivity contribution in [2.24, 2.45) is 0 Å². The zero-order valence-electron chi connectivity index (χ0n) is 13.4. The van der Waals surface area contributed by atoms with Crippen molar-refractivity contribution in [2.45, 2.75) is 59.8 Å². The molecule has 0 N–H and O–H groups in total. The molecule has 0 saturated carbocycles. The molecule has 20 heavy (non-hydrogen) atoms. The molecule has 0 aliphatic rings. The number of halogens is 1. The van der Waals surface area contributed by atoms with E-state index in [2.05, 4.69) is 39.0 Å². The van der Waals surface area contributed by atoms with Gasteiger partial charge in [0.15, 0.2) is 0 Å². The van der Waals surface area contributed by atoms with Crippen molar-refractivity contribution in [1.29, 1.82) is 0 Å². The summed E-state index contributed by atoms with van der Waals surface area (Å²) in [5.41, 5.74) is 3.55. The summed E-state index contributed by atoms with van der Waals surface area (Å²) in [7, 11) is 0. The third kappa shape index (κ3) is 4.02. The predicted octanol–water partition coefficient (Wildman–Crippen LogP) is 6.21. The Hall–Kier alpha value is -0.950. The Morgan fingerprint density at radius 3 is 2.45 bits per heavy atom. The molecule has 1 aromatic carbocycles. The van der Waals surface area contributed by atoms with Gasteiger partial charge in [-0.25, -0.2) is 0 Å². The first kappa shape index (κ1) is 17.1. The summed E-state index contributed by atoms with van der Waals surface area (Å²) in [6.07, 6.45) is 7.73. The Kier molecular flexibility index (Phi) is 7.15. The van der Waals surface area contributed by atoms with Gasteiger partial charge in [0, 0.05) is 10.6 Å². The van der Waals surface area contributed by atoms with Crippen LogP contribution in [0.3, 0.4) is 0 Å². The van der Waals surface area contributed by atoms with Crippen LogP contribution in [0.2, 0.25) is 5.02 Å². The zero-order valence-corrected chi connectivity index (χ0v) is 14.2. The lowest BCUT2D eigenvalue weighted by atomic mass is 9.88. The van der Waals surface area contributed by atoms with E-state index in [1.54, 1.807) is 0 Å². The van der Waals surface area contributed by atoms with Gasteiger partial charge < -0.3 is 4.74 Å². The molecular weight excluding hydrogens is 268 g/mol. The number of hydrogen-bond donors (Lipinski definition) is 0. The summed E-state index contributed by atoms with van der Waals surface area (Å²) in [4.78, 5) is 0. The molecule has 0 saturated heterocycles. The fourth-order valence-corrected chi connectivity index (χ4v) is 2.79. The lowest BCUT2D eigenvalue weighted by Gasteiger charge is -2.22. The highest BCUT2D eigenvalue weighted by molar-refractivity contribution is 6.32. The molecule has 0 aliphatic carbocycles. The molecule has 0 aliphatic heterocycles. The van der Waals surface area contributed by atoms with Crippen molar-refractivity contribution >= 4 is 11.6 Å². The van der Waals surface area contributed by atoms with Gasteiger partial charge in [0.1, 0.15) is 5.75 Å². The largest absolute Gasteiger partial charge is 0.494 e. The number of aryl methyl sites for hydroxylation is 1. The van der Waals surface area contributed by atoms with Crippen molar-refractivity contribution < 1.29 is 4.74 Å². The van der Waals surface area contributed by atoms with E-state index in [1.807, 2.05) is 13.8 Å². The van der Waals surface area contributed by atoms with Crippen molar-refractivity contribution in [3.63, 3.8) is 0 Å². The SMILES string of the molecule is CC/C=C\CC(CC)c1c(OCC)cc(C)c(Cl)c1C. The lowest BCUT2D eigenvalue weighted by Crippen LogP contribution is -2.06.